The number of fused-ring (bicyclic) bond motifs is 5. The summed E-state index contributed by atoms with van der Waals surface area (Å²) in [5, 5.41) is 2.93. The molecule has 0 unspecified atom stereocenters. The summed E-state index contributed by atoms with van der Waals surface area (Å²) in [6.07, 6.45) is 0. The zero-order valence-electron chi connectivity index (χ0n) is 12.8. The third kappa shape index (κ3) is 1.93. The molecule has 5 aromatic rings. The van der Waals surface area contributed by atoms with Crippen LogP contribution >= 0.6 is 11.6 Å². The number of benzene rings is 3. The van der Waals surface area contributed by atoms with E-state index in [2.05, 4.69) is 46.9 Å². The fourth-order valence-corrected chi connectivity index (χ4v) is 3.50. The molecule has 0 N–H and O–H groups in total. The van der Waals surface area contributed by atoms with Crippen LogP contribution in [0.2, 0.25) is 5.02 Å². The van der Waals surface area contributed by atoms with Crippen molar-refractivity contribution in [3.05, 3.63) is 83.9 Å². The van der Waals surface area contributed by atoms with Crippen molar-refractivity contribution >= 4 is 39.1 Å². The van der Waals surface area contributed by atoms with E-state index in [1.54, 1.807) is 0 Å². The lowest BCUT2D eigenvalue weighted by atomic mass is 10.1. The zero-order chi connectivity index (χ0) is 16.1. The van der Waals surface area contributed by atoms with Crippen molar-refractivity contribution in [1.82, 2.24) is 9.38 Å². The average Bonchev–Trinajstić information content (AvgIpc) is 3.02. The maximum atomic E-state index is 6.24. The van der Waals surface area contributed by atoms with Gasteiger partial charge in [0.05, 0.1) is 16.7 Å². The normalized spacial score (nSPS) is 11.5. The number of hydrogen-bond donors (Lipinski definition) is 0. The largest absolute Gasteiger partial charge is 0.292 e. The molecule has 0 saturated heterocycles. The van der Waals surface area contributed by atoms with Gasteiger partial charge in [0.2, 0.25) is 0 Å². The fourth-order valence-electron chi connectivity index (χ4n) is 3.33. The molecule has 3 heteroatoms. The van der Waals surface area contributed by atoms with E-state index >= 15 is 0 Å². The van der Waals surface area contributed by atoms with Crippen molar-refractivity contribution in [2.75, 3.05) is 0 Å². The van der Waals surface area contributed by atoms with Crippen LogP contribution in [0, 0.1) is 0 Å². The Kier molecular flexibility index (Phi) is 2.88. The molecule has 0 atom stereocenters. The molecule has 0 radical (unpaired) electrons. The van der Waals surface area contributed by atoms with E-state index in [1.807, 2.05) is 36.4 Å². The smallest absolute Gasteiger partial charge is 0.146 e. The second-order valence-corrected chi connectivity index (χ2v) is 6.32. The summed E-state index contributed by atoms with van der Waals surface area (Å²) in [7, 11) is 0. The minimum Gasteiger partial charge on any atom is -0.292 e. The summed E-state index contributed by atoms with van der Waals surface area (Å²) < 4.78 is 2.23. The second kappa shape index (κ2) is 5.08. The highest BCUT2D eigenvalue weighted by atomic mass is 35.5. The van der Waals surface area contributed by atoms with Crippen LogP contribution in [-0.2, 0) is 0 Å². The lowest BCUT2D eigenvalue weighted by Gasteiger charge is -2.10. The van der Waals surface area contributed by atoms with Gasteiger partial charge in [-0.1, -0.05) is 60.1 Å². The van der Waals surface area contributed by atoms with Crippen molar-refractivity contribution < 1.29 is 0 Å². The number of imidazole rings is 1. The Balaban J connectivity index is 2.05. The molecule has 0 fully saturated rings. The minimum atomic E-state index is 0.726. The van der Waals surface area contributed by atoms with Crippen LogP contribution in [0.4, 0.5) is 0 Å². The molecule has 0 aliphatic heterocycles. The molecule has 0 aliphatic rings. The number of halogens is 1. The molecule has 2 heterocycles. The molecule has 0 aliphatic carbocycles. The van der Waals surface area contributed by atoms with Gasteiger partial charge in [-0.15, -0.1) is 0 Å². The molecule has 3 aromatic carbocycles. The highest BCUT2D eigenvalue weighted by Gasteiger charge is 2.13. The lowest BCUT2D eigenvalue weighted by Crippen LogP contribution is -1.93. The van der Waals surface area contributed by atoms with Crippen LogP contribution in [0.25, 0.3) is 38.7 Å². The van der Waals surface area contributed by atoms with E-state index in [4.69, 9.17) is 16.6 Å². The number of para-hydroxylation sites is 2. The van der Waals surface area contributed by atoms with E-state index < -0.39 is 0 Å². The molecule has 0 amide bonds. The van der Waals surface area contributed by atoms with Crippen LogP contribution in [0.1, 0.15) is 0 Å². The van der Waals surface area contributed by atoms with Crippen LogP contribution in [0.15, 0.2) is 78.9 Å². The van der Waals surface area contributed by atoms with Gasteiger partial charge >= 0.3 is 0 Å². The van der Waals surface area contributed by atoms with Gasteiger partial charge in [-0.25, -0.2) is 4.98 Å². The van der Waals surface area contributed by atoms with E-state index in [0.29, 0.717) is 0 Å². The summed E-state index contributed by atoms with van der Waals surface area (Å²) in [5.41, 5.74) is 5.34. The maximum Gasteiger partial charge on any atom is 0.146 e. The van der Waals surface area contributed by atoms with Crippen molar-refractivity contribution in [3.8, 4) is 11.3 Å². The van der Waals surface area contributed by atoms with Crippen molar-refractivity contribution in [2.24, 2.45) is 0 Å². The SMILES string of the molecule is Clc1ccc2cc(-c3ccccc3)n3c4ccccc4nc3c2c1. The van der Waals surface area contributed by atoms with Gasteiger partial charge < -0.3 is 0 Å². The monoisotopic (exact) mass is 328 g/mol. The Hall–Kier alpha value is -2.84. The Morgan fingerprint density at radius 2 is 1.58 bits per heavy atom. The summed E-state index contributed by atoms with van der Waals surface area (Å²) in [6.45, 7) is 0. The zero-order valence-corrected chi connectivity index (χ0v) is 13.5. The molecular formula is C21H13ClN2. The molecule has 5 rings (SSSR count). The molecule has 114 valence electrons. The molecule has 2 nitrogen and oxygen atoms in total. The second-order valence-electron chi connectivity index (χ2n) is 5.89. The summed E-state index contributed by atoms with van der Waals surface area (Å²) in [4.78, 5) is 4.87. The summed E-state index contributed by atoms with van der Waals surface area (Å²) >= 11 is 6.24. The van der Waals surface area contributed by atoms with Gasteiger partial charge in [-0.3, -0.25) is 4.40 Å². The van der Waals surface area contributed by atoms with Crippen LogP contribution < -0.4 is 0 Å². The van der Waals surface area contributed by atoms with E-state index in [-0.39, 0.29) is 0 Å². The Labute approximate surface area is 143 Å². The number of rotatable bonds is 1. The summed E-state index contributed by atoms with van der Waals surface area (Å²) in [5.74, 6) is 0. The fraction of sp³-hybridized carbons (Fsp3) is 0. The number of hydrogen-bond acceptors (Lipinski definition) is 1. The van der Waals surface area contributed by atoms with Gasteiger partial charge in [-0.05, 0) is 41.3 Å². The van der Waals surface area contributed by atoms with Gasteiger partial charge in [0.15, 0.2) is 0 Å². The first-order valence-electron chi connectivity index (χ1n) is 7.86. The van der Waals surface area contributed by atoms with Gasteiger partial charge in [-0.2, -0.15) is 0 Å². The van der Waals surface area contributed by atoms with Crippen molar-refractivity contribution in [1.29, 1.82) is 0 Å². The Morgan fingerprint density at radius 3 is 2.46 bits per heavy atom. The first-order chi connectivity index (χ1) is 11.8. The molecular weight excluding hydrogens is 316 g/mol. The van der Waals surface area contributed by atoms with Crippen molar-refractivity contribution in [3.63, 3.8) is 0 Å². The number of nitrogens with zero attached hydrogens (tertiary/aromatic N) is 2. The Bertz CT molecular complexity index is 1210. The predicted molar refractivity (Wildman–Crippen MR) is 101 cm³/mol. The first-order valence-corrected chi connectivity index (χ1v) is 8.24. The highest BCUT2D eigenvalue weighted by molar-refractivity contribution is 6.31. The maximum absolute atomic E-state index is 6.24. The van der Waals surface area contributed by atoms with Crippen LogP contribution in [-0.4, -0.2) is 9.38 Å². The van der Waals surface area contributed by atoms with Crippen LogP contribution in [0.5, 0.6) is 0 Å². The quantitative estimate of drug-likeness (QED) is 0.371. The first kappa shape index (κ1) is 13.6. The minimum absolute atomic E-state index is 0.726. The summed E-state index contributed by atoms with van der Waals surface area (Å²) in [6, 6.07) is 26.8. The predicted octanol–water partition coefficient (Wildman–Crippen LogP) is 5.96. The topological polar surface area (TPSA) is 17.3 Å². The van der Waals surface area contributed by atoms with Crippen molar-refractivity contribution in [2.45, 2.75) is 0 Å². The molecule has 0 saturated carbocycles. The van der Waals surface area contributed by atoms with Gasteiger partial charge in [0.25, 0.3) is 0 Å². The van der Waals surface area contributed by atoms with Crippen LogP contribution in [0.3, 0.4) is 0 Å². The standard InChI is InChI=1S/C21H13ClN2/c22-16-11-10-15-12-20(14-6-2-1-3-7-14)24-19-9-5-4-8-18(19)23-21(24)17(15)13-16/h1-13H. The van der Waals surface area contributed by atoms with Gasteiger partial charge in [0, 0.05) is 10.4 Å². The number of aromatic nitrogens is 2. The highest BCUT2D eigenvalue weighted by Crippen LogP contribution is 2.32. The molecule has 2 aromatic heterocycles. The molecule has 0 bridgehead atoms. The van der Waals surface area contributed by atoms with E-state index in [9.17, 15) is 0 Å². The van der Waals surface area contributed by atoms with E-state index in [0.717, 1.165) is 38.2 Å². The third-order valence-electron chi connectivity index (χ3n) is 4.42. The average molecular weight is 329 g/mol. The Morgan fingerprint density at radius 1 is 0.792 bits per heavy atom. The third-order valence-corrected chi connectivity index (χ3v) is 4.65. The molecule has 0 spiro atoms. The van der Waals surface area contributed by atoms with E-state index in [1.165, 1.54) is 5.56 Å². The van der Waals surface area contributed by atoms with Gasteiger partial charge in [0.1, 0.15) is 5.65 Å². The molecule has 24 heavy (non-hydrogen) atoms. The number of pyridine rings is 1. The lowest BCUT2D eigenvalue weighted by molar-refractivity contribution is 1.25.